The van der Waals surface area contributed by atoms with E-state index >= 15 is 0 Å². The van der Waals surface area contributed by atoms with Crippen LogP contribution in [0, 0.1) is 6.92 Å². The van der Waals surface area contributed by atoms with Gasteiger partial charge in [-0.15, -0.1) is 0 Å². The number of anilines is 2. The lowest BCUT2D eigenvalue weighted by molar-refractivity contribution is -0.114. The van der Waals surface area contributed by atoms with Gasteiger partial charge >= 0.3 is 0 Å². The van der Waals surface area contributed by atoms with Crippen LogP contribution in [0.4, 0.5) is 11.4 Å². The average Bonchev–Trinajstić information content (AvgIpc) is 2.57. The van der Waals surface area contributed by atoms with Gasteiger partial charge in [-0.25, -0.2) is 4.68 Å². The maximum atomic E-state index is 11.1. The third-order valence-corrected chi connectivity index (χ3v) is 2.62. The summed E-state index contributed by atoms with van der Waals surface area (Å²) in [7, 11) is 1.75. The number of nitrogen functional groups attached to an aromatic ring is 1. The lowest BCUT2D eigenvalue weighted by Gasteiger charge is -2.11. The highest BCUT2D eigenvalue weighted by Gasteiger charge is 2.14. The Morgan fingerprint density at radius 1 is 1.42 bits per heavy atom. The van der Waals surface area contributed by atoms with Crippen molar-refractivity contribution in [3.8, 4) is 11.6 Å². The number of rotatable bonds is 3. The van der Waals surface area contributed by atoms with Gasteiger partial charge in [-0.3, -0.25) is 4.79 Å². The molecule has 0 spiro atoms. The first-order valence-electron chi connectivity index (χ1n) is 5.82. The first-order chi connectivity index (χ1) is 8.99. The number of carbonyl (C=O) groups excluding carboxylic acids is 1. The number of para-hydroxylation sites is 2. The number of nitrogens with two attached hydrogens (primary N) is 1. The Bertz CT molecular complexity index is 619. The zero-order valence-corrected chi connectivity index (χ0v) is 11.1. The van der Waals surface area contributed by atoms with Gasteiger partial charge in [0.15, 0.2) is 5.75 Å². The molecule has 0 radical (unpaired) electrons. The summed E-state index contributed by atoms with van der Waals surface area (Å²) in [6, 6.07) is 7.15. The first-order valence-corrected chi connectivity index (χ1v) is 5.82. The molecule has 1 aromatic heterocycles. The number of ether oxygens (including phenoxy) is 1. The van der Waals surface area contributed by atoms with E-state index in [9.17, 15) is 4.79 Å². The van der Waals surface area contributed by atoms with Crippen LogP contribution in [0.25, 0.3) is 0 Å². The van der Waals surface area contributed by atoms with Crippen LogP contribution in [-0.2, 0) is 11.8 Å². The molecule has 2 rings (SSSR count). The van der Waals surface area contributed by atoms with Gasteiger partial charge in [-0.2, -0.15) is 5.10 Å². The highest BCUT2D eigenvalue weighted by atomic mass is 16.5. The molecule has 0 aliphatic heterocycles. The van der Waals surface area contributed by atoms with Crippen LogP contribution in [0.3, 0.4) is 0 Å². The van der Waals surface area contributed by atoms with Crippen LogP contribution in [0.1, 0.15) is 12.6 Å². The summed E-state index contributed by atoms with van der Waals surface area (Å²) in [5, 5.41) is 6.88. The minimum absolute atomic E-state index is 0.162. The van der Waals surface area contributed by atoms with Gasteiger partial charge in [-0.05, 0) is 19.1 Å². The molecule has 3 N–H and O–H groups in total. The number of hydrogen-bond acceptors (Lipinski definition) is 4. The van der Waals surface area contributed by atoms with Gasteiger partial charge in [0.05, 0.1) is 11.4 Å². The summed E-state index contributed by atoms with van der Waals surface area (Å²) in [4.78, 5) is 11.1. The van der Waals surface area contributed by atoms with Crippen LogP contribution in [0.5, 0.6) is 11.6 Å². The van der Waals surface area contributed by atoms with E-state index in [4.69, 9.17) is 10.5 Å². The minimum Gasteiger partial charge on any atom is -0.435 e. The van der Waals surface area contributed by atoms with Crippen molar-refractivity contribution in [2.75, 3.05) is 11.1 Å². The van der Waals surface area contributed by atoms with E-state index in [2.05, 4.69) is 10.4 Å². The lowest BCUT2D eigenvalue weighted by Crippen LogP contribution is -2.07. The molecule has 0 saturated carbocycles. The zero-order chi connectivity index (χ0) is 14.0. The third kappa shape index (κ3) is 2.67. The first kappa shape index (κ1) is 12.9. The van der Waals surface area contributed by atoms with Crippen LogP contribution in [0.15, 0.2) is 24.3 Å². The van der Waals surface area contributed by atoms with Crippen molar-refractivity contribution in [3.05, 3.63) is 30.0 Å². The highest BCUT2D eigenvalue weighted by molar-refractivity contribution is 5.90. The number of nitrogens with zero attached hydrogens (tertiary/aromatic N) is 2. The summed E-state index contributed by atoms with van der Waals surface area (Å²) < 4.78 is 7.32. The van der Waals surface area contributed by atoms with Crippen molar-refractivity contribution in [2.45, 2.75) is 13.8 Å². The second kappa shape index (κ2) is 5.01. The predicted octanol–water partition coefficient (Wildman–Crippen LogP) is 2.06. The Hall–Kier alpha value is -2.50. The molecule has 0 fully saturated rings. The molecular weight excluding hydrogens is 244 g/mol. The molecule has 0 unspecified atom stereocenters. The topological polar surface area (TPSA) is 82.2 Å². The summed E-state index contributed by atoms with van der Waals surface area (Å²) in [5.41, 5.74) is 7.69. The Morgan fingerprint density at radius 3 is 2.68 bits per heavy atom. The molecule has 0 saturated heterocycles. The minimum atomic E-state index is -0.162. The molecule has 100 valence electrons. The smallest absolute Gasteiger partial charge is 0.241 e. The molecule has 0 aliphatic carbocycles. The number of carbonyl (C=O) groups is 1. The highest BCUT2D eigenvalue weighted by Crippen LogP contribution is 2.33. The van der Waals surface area contributed by atoms with Crippen molar-refractivity contribution in [3.63, 3.8) is 0 Å². The molecule has 6 nitrogen and oxygen atoms in total. The molecule has 19 heavy (non-hydrogen) atoms. The third-order valence-electron chi connectivity index (χ3n) is 2.62. The molecule has 0 bridgehead atoms. The van der Waals surface area contributed by atoms with Crippen molar-refractivity contribution < 1.29 is 9.53 Å². The molecule has 0 atom stereocenters. The predicted molar refractivity (Wildman–Crippen MR) is 73.2 cm³/mol. The van der Waals surface area contributed by atoms with Gasteiger partial charge in [0.2, 0.25) is 11.8 Å². The maximum absolute atomic E-state index is 11.1. The van der Waals surface area contributed by atoms with Crippen LogP contribution in [-0.4, -0.2) is 15.7 Å². The Labute approximate surface area is 111 Å². The van der Waals surface area contributed by atoms with Crippen molar-refractivity contribution in [1.82, 2.24) is 9.78 Å². The number of amides is 1. The number of aryl methyl sites for hydroxylation is 2. The van der Waals surface area contributed by atoms with Crippen LogP contribution in [0.2, 0.25) is 0 Å². The summed E-state index contributed by atoms with van der Waals surface area (Å²) in [5.74, 6) is 0.813. The van der Waals surface area contributed by atoms with Gasteiger partial charge < -0.3 is 15.8 Å². The number of aromatic nitrogens is 2. The molecule has 6 heteroatoms. The SMILES string of the molecule is CC(=O)Nc1ccccc1Oc1c(N)c(C)nn1C. The maximum Gasteiger partial charge on any atom is 0.241 e. The zero-order valence-electron chi connectivity index (χ0n) is 11.1. The van der Waals surface area contributed by atoms with E-state index < -0.39 is 0 Å². The molecule has 1 heterocycles. The van der Waals surface area contributed by atoms with E-state index in [-0.39, 0.29) is 5.91 Å². The quantitative estimate of drug-likeness (QED) is 0.885. The summed E-state index contributed by atoms with van der Waals surface area (Å²) in [6.45, 7) is 3.25. The fourth-order valence-corrected chi connectivity index (χ4v) is 1.73. The lowest BCUT2D eigenvalue weighted by atomic mass is 10.3. The van der Waals surface area contributed by atoms with E-state index in [0.29, 0.717) is 28.7 Å². The van der Waals surface area contributed by atoms with Gasteiger partial charge in [0.1, 0.15) is 5.69 Å². The van der Waals surface area contributed by atoms with Gasteiger partial charge in [0.25, 0.3) is 0 Å². The van der Waals surface area contributed by atoms with E-state index in [0.717, 1.165) is 0 Å². The number of hydrogen-bond donors (Lipinski definition) is 2. The molecule has 2 aromatic rings. The average molecular weight is 260 g/mol. The molecule has 0 aliphatic rings. The normalized spacial score (nSPS) is 10.3. The van der Waals surface area contributed by atoms with Gasteiger partial charge in [-0.1, -0.05) is 12.1 Å². The van der Waals surface area contributed by atoms with Gasteiger partial charge in [0, 0.05) is 14.0 Å². The van der Waals surface area contributed by atoms with Crippen LogP contribution < -0.4 is 15.8 Å². The van der Waals surface area contributed by atoms with Crippen LogP contribution >= 0.6 is 0 Å². The second-order valence-corrected chi connectivity index (χ2v) is 4.21. The standard InChI is InChI=1S/C13H16N4O2/c1-8-12(14)13(17(3)16-8)19-11-7-5-4-6-10(11)15-9(2)18/h4-7H,14H2,1-3H3,(H,15,18). The Morgan fingerprint density at radius 2 is 2.11 bits per heavy atom. The van der Waals surface area contributed by atoms with Crippen molar-refractivity contribution in [2.24, 2.45) is 7.05 Å². The second-order valence-electron chi connectivity index (χ2n) is 4.21. The van der Waals surface area contributed by atoms with E-state index in [1.807, 2.05) is 19.1 Å². The monoisotopic (exact) mass is 260 g/mol. The van der Waals surface area contributed by atoms with E-state index in [1.54, 1.807) is 23.9 Å². The Balaban J connectivity index is 2.35. The van der Waals surface area contributed by atoms with Crippen molar-refractivity contribution >= 4 is 17.3 Å². The fraction of sp³-hybridized carbons (Fsp3) is 0.231. The fourth-order valence-electron chi connectivity index (χ4n) is 1.73. The summed E-state index contributed by atoms with van der Waals surface area (Å²) in [6.07, 6.45) is 0. The number of benzene rings is 1. The van der Waals surface area contributed by atoms with Crippen molar-refractivity contribution in [1.29, 1.82) is 0 Å². The Kier molecular flexibility index (Phi) is 3.41. The molecular formula is C13H16N4O2. The largest absolute Gasteiger partial charge is 0.435 e. The summed E-state index contributed by atoms with van der Waals surface area (Å²) >= 11 is 0. The number of nitrogens with one attached hydrogen (secondary N) is 1. The molecule has 1 aromatic carbocycles. The van der Waals surface area contributed by atoms with E-state index in [1.165, 1.54) is 6.92 Å². The molecule has 1 amide bonds.